The fraction of sp³-hybridized carbons (Fsp3) is 0.364. The van der Waals surface area contributed by atoms with Crippen LogP contribution in [0.2, 0.25) is 0 Å². The lowest BCUT2D eigenvalue weighted by Crippen LogP contribution is -2.16. The molecule has 0 aliphatic rings. The van der Waals surface area contributed by atoms with Crippen molar-refractivity contribution in [2.24, 2.45) is 11.5 Å². The number of benzene rings is 1. The van der Waals surface area contributed by atoms with Crippen molar-refractivity contribution < 1.29 is 15.0 Å². The number of hydrogen-bond donors (Lipinski definition) is 4. The number of nitrogens with two attached hydrogens (primary N) is 2. The van der Waals surface area contributed by atoms with E-state index in [1.807, 2.05) is 0 Å². The van der Waals surface area contributed by atoms with E-state index >= 15 is 0 Å². The molecule has 88 valence electrons. The van der Waals surface area contributed by atoms with Crippen LogP contribution in [0, 0.1) is 6.92 Å². The van der Waals surface area contributed by atoms with Crippen LogP contribution >= 0.6 is 0 Å². The number of carbonyl (C=O) groups is 1. The van der Waals surface area contributed by atoms with Gasteiger partial charge in [-0.15, -0.1) is 0 Å². The zero-order chi connectivity index (χ0) is 12.3. The summed E-state index contributed by atoms with van der Waals surface area (Å²) in [5, 5.41) is 18.7. The number of carboxylic acids is 1. The molecular formula is C11H16N2O3. The van der Waals surface area contributed by atoms with Gasteiger partial charge in [0.25, 0.3) is 0 Å². The number of carboxylic acid groups (broad SMARTS) is 1. The lowest BCUT2D eigenvalue weighted by molar-refractivity contribution is 0.0696. The van der Waals surface area contributed by atoms with Crippen molar-refractivity contribution in [2.45, 2.75) is 19.4 Å². The Morgan fingerprint density at radius 2 is 2.12 bits per heavy atom. The Kier molecular flexibility index (Phi) is 3.87. The molecular weight excluding hydrogens is 208 g/mol. The molecule has 0 bridgehead atoms. The second kappa shape index (κ2) is 4.96. The summed E-state index contributed by atoms with van der Waals surface area (Å²) in [6, 6.07) is 2.37. The Balaban J connectivity index is 3.21. The molecule has 1 aromatic rings. The Morgan fingerprint density at radius 1 is 1.50 bits per heavy atom. The number of aromatic carboxylic acids is 1. The zero-order valence-electron chi connectivity index (χ0n) is 9.10. The molecule has 1 aromatic carbocycles. The number of aromatic hydroxyl groups is 1. The van der Waals surface area contributed by atoms with E-state index < -0.39 is 12.0 Å². The molecule has 0 radical (unpaired) electrons. The minimum Gasteiger partial charge on any atom is -0.507 e. The first-order valence-electron chi connectivity index (χ1n) is 4.99. The number of aryl methyl sites for hydroxylation is 1. The van der Waals surface area contributed by atoms with Gasteiger partial charge < -0.3 is 21.7 Å². The summed E-state index contributed by atoms with van der Waals surface area (Å²) in [7, 11) is 0. The van der Waals surface area contributed by atoms with Crippen LogP contribution in [0.3, 0.4) is 0 Å². The quantitative estimate of drug-likeness (QED) is 0.603. The molecule has 0 saturated carbocycles. The molecule has 16 heavy (non-hydrogen) atoms. The molecule has 0 spiro atoms. The molecule has 0 aromatic heterocycles. The molecule has 0 saturated heterocycles. The van der Waals surface area contributed by atoms with Gasteiger partial charge in [-0.1, -0.05) is 0 Å². The zero-order valence-corrected chi connectivity index (χ0v) is 9.10. The topological polar surface area (TPSA) is 110 Å². The van der Waals surface area contributed by atoms with Crippen molar-refractivity contribution in [2.75, 3.05) is 6.54 Å². The highest BCUT2D eigenvalue weighted by molar-refractivity contribution is 5.88. The summed E-state index contributed by atoms with van der Waals surface area (Å²) in [5.74, 6) is -0.991. The predicted molar refractivity (Wildman–Crippen MR) is 60.4 cm³/mol. The minimum absolute atomic E-state index is 0.0472. The van der Waals surface area contributed by atoms with E-state index in [1.165, 1.54) is 12.1 Å². The van der Waals surface area contributed by atoms with Gasteiger partial charge in [0.1, 0.15) is 5.75 Å². The van der Waals surface area contributed by atoms with Gasteiger partial charge in [0.2, 0.25) is 0 Å². The average Bonchev–Trinajstić information content (AvgIpc) is 2.21. The van der Waals surface area contributed by atoms with E-state index in [2.05, 4.69) is 0 Å². The molecule has 0 amide bonds. The summed E-state index contributed by atoms with van der Waals surface area (Å²) in [6.45, 7) is 2.03. The summed E-state index contributed by atoms with van der Waals surface area (Å²) < 4.78 is 0. The van der Waals surface area contributed by atoms with E-state index in [4.69, 9.17) is 16.6 Å². The van der Waals surface area contributed by atoms with Gasteiger partial charge in [-0.25, -0.2) is 4.79 Å². The average molecular weight is 224 g/mol. The highest BCUT2D eigenvalue weighted by Crippen LogP contribution is 2.29. The number of phenolic OH excluding ortho intramolecular Hbond substituents is 1. The summed E-state index contributed by atoms with van der Waals surface area (Å²) in [4.78, 5) is 10.9. The summed E-state index contributed by atoms with van der Waals surface area (Å²) in [5.41, 5.74) is 12.2. The van der Waals surface area contributed by atoms with Crippen LogP contribution in [0.1, 0.15) is 33.9 Å². The fourth-order valence-electron chi connectivity index (χ4n) is 1.55. The monoisotopic (exact) mass is 224 g/mol. The number of phenols is 1. The Hall–Kier alpha value is -1.59. The fourth-order valence-corrected chi connectivity index (χ4v) is 1.55. The molecule has 0 heterocycles. The van der Waals surface area contributed by atoms with E-state index in [9.17, 15) is 9.90 Å². The summed E-state index contributed by atoms with van der Waals surface area (Å²) >= 11 is 0. The van der Waals surface area contributed by atoms with Crippen LogP contribution in [0.15, 0.2) is 12.1 Å². The second-order valence-electron chi connectivity index (χ2n) is 3.72. The first-order chi connectivity index (χ1) is 7.47. The molecule has 1 rings (SSSR count). The largest absolute Gasteiger partial charge is 0.507 e. The Morgan fingerprint density at radius 3 is 2.62 bits per heavy atom. The third kappa shape index (κ3) is 2.50. The molecule has 0 unspecified atom stereocenters. The van der Waals surface area contributed by atoms with Gasteiger partial charge in [-0.3, -0.25) is 0 Å². The van der Waals surface area contributed by atoms with Crippen molar-refractivity contribution in [3.8, 4) is 5.75 Å². The van der Waals surface area contributed by atoms with Gasteiger partial charge in [0.05, 0.1) is 5.56 Å². The Bertz CT molecular complexity index is 404. The first kappa shape index (κ1) is 12.5. The highest BCUT2D eigenvalue weighted by atomic mass is 16.4. The van der Waals surface area contributed by atoms with Gasteiger partial charge in [0, 0.05) is 11.6 Å². The summed E-state index contributed by atoms with van der Waals surface area (Å²) in [6.07, 6.45) is 0.496. The van der Waals surface area contributed by atoms with Crippen LogP contribution in [0.4, 0.5) is 0 Å². The molecule has 0 aliphatic heterocycles. The molecule has 5 nitrogen and oxygen atoms in total. The van der Waals surface area contributed by atoms with Gasteiger partial charge in [-0.2, -0.15) is 0 Å². The Labute approximate surface area is 93.7 Å². The standard InChI is InChI=1S/C11H16N2O3/c1-6-4-7(11(15)16)5-8(10(6)14)9(13)2-3-12/h4-5,9,14H,2-3,12-13H2,1H3,(H,15,16)/t9-/m0/s1. The number of hydrogen-bond acceptors (Lipinski definition) is 4. The SMILES string of the molecule is Cc1cc(C(=O)O)cc([C@@H](N)CCN)c1O. The van der Waals surface area contributed by atoms with Crippen LogP contribution < -0.4 is 11.5 Å². The van der Waals surface area contributed by atoms with Crippen LogP contribution in [0.25, 0.3) is 0 Å². The lowest BCUT2D eigenvalue weighted by atomic mass is 9.98. The van der Waals surface area contributed by atoms with Crippen molar-refractivity contribution >= 4 is 5.97 Å². The van der Waals surface area contributed by atoms with E-state index in [1.54, 1.807) is 6.92 Å². The highest BCUT2D eigenvalue weighted by Gasteiger charge is 2.16. The smallest absolute Gasteiger partial charge is 0.335 e. The molecule has 6 N–H and O–H groups in total. The van der Waals surface area contributed by atoms with E-state index in [-0.39, 0.29) is 11.3 Å². The molecule has 0 fully saturated rings. The number of rotatable bonds is 4. The first-order valence-corrected chi connectivity index (χ1v) is 4.99. The van der Waals surface area contributed by atoms with Crippen molar-refractivity contribution in [3.63, 3.8) is 0 Å². The molecule has 1 atom stereocenters. The third-order valence-corrected chi connectivity index (χ3v) is 2.45. The van der Waals surface area contributed by atoms with Gasteiger partial charge in [-0.05, 0) is 37.6 Å². The van der Waals surface area contributed by atoms with E-state index in [0.29, 0.717) is 24.1 Å². The van der Waals surface area contributed by atoms with Gasteiger partial charge >= 0.3 is 5.97 Å². The van der Waals surface area contributed by atoms with Gasteiger partial charge in [0.15, 0.2) is 0 Å². The predicted octanol–water partition coefficient (Wildman–Crippen LogP) is 0.747. The van der Waals surface area contributed by atoms with Crippen molar-refractivity contribution in [1.82, 2.24) is 0 Å². The van der Waals surface area contributed by atoms with Crippen LogP contribution in [0.5, 0.6) is 5.75 Å². The molecule has 0 aliphatic carbocycles. The van der Waals surface area contributed by atoms with Crippen LogP contribution in [-0.4, -0.2) is 22.7 Å². The second-order valence-corrected chi connectivity index (χ2v) is 3.72. The maximum atomic E-state index is 10.9. The maximum absolute atomic E-state index is 10.9. The minimum atomic E-state index is -1.04. The van der Waals surface area contributed by atoms with Crippen LogP contribution in [-0.2, 0) is 0 Å². The third-order valence-electron chi connectivity index (χ3n) is 2.45. The molecule has 5 heteroatoms. The van der Waals surface area contributed by atoms with Crippen molar-refractivity contribution in [3.05, 3.63) is 28.8 Å². The van der Waals surface area contributed by atoms with E-state index in [0.717, 1.165) is 0 Å². The maximum Gasteiger partial charge on any atom is 0.335 e. The van der Waals surface area contributed by atoms with Crippen molar-refractivity contribution in [1.29, 1.82) is 0 Å². The lowest BCUT2D eigenvalue weighted by Gasteiger charge is -2.15. The normalized spacial score (nSPS) is 12.4.